The number of rotatable bonds is 10. The Morgan fingerprint density at radius 3 is 2.66 bits per heavy atom. The number of aryl methyl sites for hydroxylation is 1. The van der Waals surface area contributed by atoms with Gasteiger partial charge in [0.05, 0.1) is 13.0 Å². The van der Waals surface area contributed by atoms with Gasteiger partial charge in [-0.25, -0.2) is 4.79 Å². The average Bonchev–Trinajstić information content (AvgIpc) is 3.13. The number of amides is 2. The van der Waals surface area contributed by atoms with Gasteiger partial charge in [-0.15, -0.1) is 0 Å². The van der Waals surface area contributed by atoms with Crippen LogP contribution in [-0.4, -0.2) is 34.8 Å². The van der Waals surface area contributed by atoms with Crippen molar-refractivity contribution in [2.75, 3.05) is 13.2 Å². The van der Waals surface area contributed by atoms with E-state index >= 15 is 0 Å². The van der Waals surface area contributed by atoms with Crippen LogP contribution < -0.4 is 15.4 Å². The molecule has 0 aliphatic carbocycles. The van der Waals surface area contributed by atoms with Crippen molar-refractivity contribution in [2.24, 2.45) is 0 Å². The molecule has 0 unspecified atom stereocenters. The Balaban J connectivity index is 1.36. The summed E-state index contributed by atoms with van der Waals surface area (Å²) >= 11 is 0. The number of nitrogens with zero attached hydrogens (tertiary/aromatic N) is 1. The van der Waals surface area contributed by atoms with Crippen molar-refractivity contribution >= 4 is 22.9 Å². The van der Waals surface area contributed by atoms with Crippen molar-refractivity contribution < 1.29 is 19.4 Å². The summed E-state index contributed by atoms with van der Waals surface area (Å²) in [5.74, 6) is -0.0591. The van der Waals surface area contributed by atoms with E-state index in [0.717, 1.165) is 22.2 Å². The van der Waals surface area contributed by atoms with Gasteiger partial charge in [-0.3, -0.25) is 4.79 Å². The molecule has 7 nitrogen and oxygen atoms in total. The Morgan fingerprint density at radius 2 is 1.86 bits per heavy atom. The van der Waals surface area contributed by atoms with Crippen molar-refractivity contribution in [3.8, 4) is 5.75 Å². The number of carbonyl (C=O) groups excluding carboxylic acids is 1. The molecule has 0 spiro atoms. The lowest BCUT2D eigenvalue weighted by atomic mass is 10.2. The second-order valence-electron chi connectivity index (χ2n) is 6.67. The highest BCUT2D eigenvalue weighted by Gasteiger charge is 2.05. The predicted octanol–water partition coefficient (Wildman–Crippen LogP) is 3.38. The molecule has 0 bridgehead atoms. The quantitative estimate of drug-likeness (QED) is 0.459. The molecule has 0 radical (unpaired) electrons. The number of carbonyl (C=O) groups is 2. The van der Waals surface area contributed by atoms with E-state index in [1.165, 1.54) is 0 Å². The first-order chi connectivity index (χ1) is 14.1. The summed E-state index contributed by atoms with van der Waals surface area (Å²) in [6.45, 7) is 1.95. The summed E-state index contributed by atoms with van der Waals surface area (Å²) < 4.78 is 7.68. The molecular formula is C22H25N3O4. The summed E-state index contributed by atoms with van der Waals surface area (Å²) in [5, 5.41) is 15.5. The minimum absolute atomic E-state index is 0.0912. The monoisotopic (exact) mass is 395 g/mol. The van der Waals surface area contributed by atoms with Crippen LogP contribution in [0.1, 0.15) is 18.4 Å². The first kappa shape index (κ1) is 20.3. The summed E-state index contributed by atoms with van der Waals surface area (Å²) in [4.78, 5) is 22.5. The van der Waals surface area contributed by atoms with Crippen LogP contribution in [0, 0.1) is 0 Å². The smallest absolute Gasteiger partial charge is 0.315 e. The Bertz CT molecular complexity index is 953. The van der Waals surface area contributed by atoms with Gasteiger partial charge in [-0.1, -0.05) is 30.3 Å². The predicted molar refractivity (Wildman–Crippen MR) is 111 cm³/mol. The molecule has 3 N–H and O–H groups in total. The van der Waals surface area contributed by atoms with Gasteiger partial charge in [-0.05, 0) is 36.2 Å². The van der Waals surface area contributed by atoms with Gasteiger partial charge < -0.3 is 25.0 Å². The maximum absolute atomic E-state index is 11.8. The fourth-order valence-electron chi connectivity index (χ4n) is 2.98. The molecule has 2 aromatic carbocycles. The molecular weight excluding hydrogens is 370 g/mol. The molecule has 0 aliphatic heterocycles. The maximum atomic E-state index is 11.8. The molecule has 0 fully saturated rings. The Morgan fingerprint density at radius 1 is 1.03 bits per heavy atom. The normalized spacial score (nSPS) is 10.6. The molecule has 0 saturated heterocycles. The Labute approximate surface area is 169 Å². The van der Waals surface area contributed by atoms with Gasteiger partial charge in [0.25, 0.3) is 0 Å². The molecule has 3 rings (SSSR count). The second-order valence-corrected chi connectivity index (χ2v) is 6.67. The zero-order valence-corrected chi connectivity index (χ0v) is 16.1. The third-order valence-electron chi connectivity index (χ3n) is 4.48. The van der Waals surface area contributed by atoms with E-state index in [-0.39, 0.29) is 12.5 Å². The number of carboxylic acids is 1. The molecule has 1 aromatic heterocycles. The molecule has 0 atom stereocenters. The summed E-state index contributed by atoms with van der Waals surface area (Å²) in [7, 11) is 0. The second kappa shape index (κ2) is 10.2. The third kappa shape index (κ3) is 6.27. The van der Waals surface area contributed by atoms with E-state index in [1.807, 2.05) is 65.4 Å². The minimum atomic E-state index is -0.811. The lowest BCUT2D eigenvalue weighted by Gasteiger charge is -2.09. The highest BCUT2D eigenvalue weighted by molar-refractivity contribution is 5.81. The first-order valence-electron chi connectivity index (χ1n) is 9.61. The molecule has 29 heavy (non-hydrogen) atoms. The lowest BCUT2D eigenvalue weighted by molar-refractivity contribution is -0.137. The van der Waals surface area contributed by atoms with E-state index in [1.54, 1.807) is 0 Å². The molecule has 2 amide bonds. The van der Waals surface area contributed by atoms with Crippen molar-refractivity contribution in [1.29, 1.82) is 0 Å². The molecule has 7 heteroatoms. The number of hydrogen-bond acceptors (Lipinski definition) is 3. The van der Waals surface area contributed by atoms with Gasteiger partial charge in [0, 0.05) is 36.7 Å². The largest absolute Gasteiger partial charge is 0.494 e. The zero-order chi connectivity index (χ0) is 20.5. The Kier molecular flexibility index (Phi) is 7.10. The number of hydrogen-bond donors (Lipinski definition) is 3. The topological polar surface area (TPSA) is 92.6 Å². The van der Waals surface area contributed by atoms with E-state index in [2.05, 4.69) is 10.6 Å². The van der Waals surface area contributed by atoms with Crippen LogP contribution >= 0.6 is 0 Å². The van der Waals surface area contributed by atoms with Crippen LogP contribution in [0.25, 0.3) is 10.9 Å². The van der Waals surface area contributed by atoms with Crippen molar-refractivity contribution in [2.45, 2.75) is 25.9 Å². The fraction of sp³-hybridized carbons (Fsp3) is 0.273. The molecule has 1 heterocycles. The van der Waals surface area contributed by atoms with Gasteiger partial charge >= 0.3 is 12.0 Å². The number of ether oxygens (including phenoxy) is 1. The van der Waals surface area contributed by atoms with Crippen LogP contribution in [0.3, 0.4) is 0 Å². The Hall–Kier alpha value is -3.48. The number of aromatic nitrogens is 1. The van der Waals surface area contributed by atoms with E-state index in [0.29, 0.717) is 32.7 Å². The number of fused-ring (bicyclic) bond motifs is 1. The van der Waals surface area contributed by atoms with Gasteiger partial charge in [0.15, 0.2) is 0 Å². The van der Waals surface area contributed by atoms with Crippen LogP contribution in [0.15, 0.2) is 60.8 Å². The number of carboxylic acid groups (broad SMARTS) is 1. The first-order valence-corrected chi connectivity index (χ1v) is 9.61. The molecule has 0 aliphatic rings. The lowest BCUT2D eigenvalue weighted by Crippen LogP contribution is -2.35. The highest BCUT2D eigenvalue weighted by atomic mass is 16.5. The molecule has 3 aromatic rings. The van der Waals surface area contributed by atoms with Crippen LogP contribution in [0.4, 0.5) is 4.79 Å². The number of urea groups is 1. The summed E-state index contributed by atoms with van der Waals surface area (Å²) in [5.41, 5.74) is 2.04. The zero-order valence-electron chi connectivity index (χ0n) is 16.1. The number of aliphatic carboxylic acids is 1. The standard InChI is InChI=1S/C22H25N3O4/c26-21(27)10-13-25-12-9-18-15-19(7-8-20(18)25)29-14-4-11-23-22(28)24-16-17-5-2-1-3-6-17/h1-3,5-9,12,15H,4,10-11,13-14,16H2,(H,26,27)(H2,23,24,28). The summed E-state index contributed by atoms with van der Waals surface area (Å²) in [6.07, 6.45) is 2.67. The average molecular weight is 395 g/mol. The van der Waals surface area contributed by atoms with Crippen LogP contribution in [0.5, 0.6) is 5.75 Å². The minimum Gasteiger partial charge on any atom is -0.494 e. The van der Waals surface area contributed by atoms with Gasteiger partial charge in [0.2, 0.25) is 0 Å². The van der Waals surface area contributed by atoms with Crippen molar-refractivity contribution in [1.82, 2.24) is 15.2 Å². The van der Waals surface area contributed by atoms with Crippen LogP contribution in [-0.2, 0) is 17.9 Å². The molecule has 152 valence electrons. The maximum Gasteiger partial charge on any atom is 0.315 e. The van der Waals surface area contributed by atoms with E-state index in [9.17, 15) is 9.59 Å². The number of nitrogens with one attached hydrogen (secondary N) is 2. The van der Waals surface area contributed by atoms with E-state index in [4.69, 9.17) is 9.84 Å². The van der Waals surface area contributed by atoms with Gasteiger partial charge in [-0.2, -0.15) is 0 Å². The molecule has 0 saturated carbocycles. The number of benzene rings is 2. The third-order valence-corrected chi connectivity index (χ3v) is 4.48. The summed E-state index contributed by atoms with van der Waals surface area (Å²) in [6, 6.07) is 17.2. The van der Waals surface area contributed by atoms with E-state index < -0.39 is 5.97 Å². The van der Waals surface area contributed by atoms with Crippen molar-refractivity contribution in [3.63, 3.8) is 0 Å². The SMILES string of the molecule is O=C(O)CCn1ccc2cc(OCCCNC(=O)NCc3ccccc3)ccc21. The van der Waals surface area contributed by atoms with Gasteiger partial charge in [0.1, 0.15) is 5.75 Å². The van der Waals surface area contributed by atoms with Crippen LogP contribution in [0.2, 0.25) is 0 Å². The highest BCUT2D eigenvalue weighted by Crippen LogP contribution is 2.22. The van der Waals surface area contributed by atoms with Crippen molar-refractivity contribution in [3.05, 3.63) is 66.4 Å². The fourth-order valence-corrected chi connectivity index (χ4v) is 2.98.